The van der Waals surface area contributed by atoms with Crippen molar-refractivity contribution < 1.29 is 30.0 Å². The van der Waals surface area contributed by atoms with Gasteiger partial charge >= 0.3 is 5.97 Å². The number of rotatable bonds is 75. The van der Waals surface area contributed by atoms with Crippen LogP contribution >= 0.6 is 21.6 Å². The second-order valence-electron chi connectivity index (χ2n) is 28.8. The third-order valence-electron chi connectivity index (χ3n) is 19.5. The van der Waals surface area contributed by atoms with Gasteiger partial charge in [0.2, 0.25) is 0 Å². The van der Waals surface area contributed by atoms with Crippen LogP contribution in [0.4, 0.5) is 0 Å². The number of esters is 1. The first-order valence-electron chi connectivity index (χ1n) is 41.0. The maximum atomic E-state index is 12.9. The van der Waals surface area contributed by atoms with E-state index in [2.05, 4.69) is 71.6 Å². The van der Waals surface area contributed by atoms with Crippen LogP contribution in [0.25, 0.3) is 0 Å². The summed E-state index contributed by atoms with van der Waals surface area (Å²) in [4.78, 5) is 22.5. The fourth-order valence-corrected chi connectivity index (χ4v) is 15.5. The number of hydrogen-bond acceptors (Lipinski definition) is 12. The molecule has 0 aromatic heterocycles. The van der Waals surface area contributed by atoms with Gasteiger partial charge in [-0.05, 0) is 116 Å². The van der Waals surface area contributed by atoms with Gasteiger partial charge in [-0.15, -0.1) is 0 Å². The number of carbonyl (C=O) groups is 1. The molecule has 1 rings (SSSR count). The molecule has 1 saturated heterocycles. The summed E-state index contributed by atoms with van der Waals surface area (Å²) < 4.78 is 5.76. The van der Waals surface area contributed by atoms with E-state index in [9.17, 15) is 25.2 Å². The van der Waals surface area contributed by atoms with E-state index in [-0.39, 0.29) is 18.2 Å². The SMILES string of the molecule is CCCCCCCC/C=C\CCCCCCC(O)CN(CCCCC(=O)OCCN1CCN(CCSSCCCCN(CC(O)CCCCCCCCCCCC)CC(O)CCCCCCCCCCCC)CC1)CC(O)CCCCCC/C=C\CCCCCCCC. The highest BCUT2D eigenvalue weighted by Gasteiger charge is 2.20. The quantitative estimate of drug-likeness (QED) is 0.0201. The van der Waals surface area contributed by atoms with E-state index in [0.717, 1.165) is 167 Å². The summed E-state index contributed by atoms with van der Waals surface area (Å²) in [6.45, 7) is 19.8. The summed E-state index contributed by atoms with van der Waals surface area (Å²) >= 11 is 0. The number of piperazine rings is 1. The number of nitrogens with zero attached hydrogens (tertiary/aromatic N) is 4. The summed E-state index contributed by atoms with van der Waals surface area (Å²) in [7, 11) is 4.00. The molecule has 552 valence electrons. The summed E-state index contributed by atoms with van der Waals surface area (Å²) in [6.07, 6.45) is 72.3. The summed E-state index contributed by atoms with van der Waals surface area (Å²) in [5, 5.41) is 44.6. The summed E-state index contributed by atoms with van der Waals surface area (Å²) in [5.74, 6) is 2.14. The molecule has 4 N–H and O–H groups in total. The lowest BCUT2D eigenvalue weighted by atomic mass is 10.0. The first kappa shape index (κ1) is 90.3. The second kappa shape index (κ2) is 72.6. The zero-order chi connectivity index (χ0) is 67.2. The summed E-state index contributed by atoms with van der Waals surface area (Å²) in [5.41, 5.74) is 0. The third kappa shape index (κ3) is 65.7. The van der Waals surface area contributed by atoms with Gasteiger partial charge in [-0.3, -0.25) is 24.4 Å². The Kier molecular flexibility index (Phi) is 70.5. The lowest BCUT2D eigenvalue weighted by Gasteiger charge is -2.34. The zero-order valence-corrected chi connectivity index (χ0v) is 64.0. The van der Waals surface area contributed by atoms with Gasteiger partial charge in [-0.2, -0.15) is 0 Å². The van der Waals surface area contributed by atoms with E-state index >= 15 is 0 Å². The van der Waals surface area contributed by atoms with E-state index in [1.54, 1.807) is 0 Å². The van der Waals surface area contributed by atoms with Crippen LogP contribution in [0.1, 0.15) is 368 Å². The van der Waals surface area contributed by atoms with Crippen LogP contribution < -0.4 is 0 Å². The fraction of sp³-hybridized carbons (Fsp3) is 0.938. The van der Waals surface area contributed by atoms with Crippen molar-refractivity contribution in [1.82, 2.24) is 19.6 Å². The highest BCUT2D eigenvalue weighted by molar-refractivity contribution is 8.76. The van der Waals surface area contributed by atoms with Gasteiger partial charge in [0.25, 0.3) is 0 Å². The average molecular weight is 1350 g/mol. The van der Waals surface area contributed by atoms with Crippen LogP contribution in [0.3, 0.4) is 0 Å². The molecule has 0 aromatic carbocycles. The minimum atomic E-state index is -0.399. The molecule has 93 heavy (non-hydrogen) atoms. The number of hydrogen-bond donors (Lipinski definition) is 4. The van der Waals surface area contributed by atoms with E-state index in [1.165, 1.54) is 231 Å². The molecule has 0 amide bonds. The van der Waals surface area contributed by atoms with Crippen molar-refractivity contribution in [2.45, 2.75) is 392 Å². The summed E-state index contributed by atoms with van der Waals surface area (Å²) in [6, 6.07) is 0. The molecule has 0 saturated carbocycles. The standard InChI is InChI=1S/C81H160N4O6S2/c1-5-9-13-17-21-25-29-31-33-35-39-43-47-49-57-77(86)73-84(74-78(87)58-50-48-44-40-36-34-32-30-26-22-18-14-10-6-2)62-54-53-61-81(90)91-70-68-82-64-66-83(67-65-82)69-72-93-92-71-56-55-63-85(75-79(88)59-51-45-41-37-27-23-19-15-11-7-3)76-80(89)60-52-46-42-38-28-24-20-16-12-8-4/h31-34,77-80,86-89H,5-30,35-76H2,1-4H3/b33-31-,34-32-. The Labute approximate surface area is 587 Å². The zero-order valence-electron chi connectivity index (χ0n) is 62.4. The van der Waals surface area contributed by atoms with Gasteiger partial charge in [0.05, 0.1) is 24.4 Å². The molecule has 10 nitrogen and oxygen atoms in total. The smallest absolute Gasteiger partial charge is 0.305 e. The van der Waals surface area contributed by atoms with Gasteiger partial charge in [-0.25, -0.2) is 0 Å². The average Bonchev–Trinajstić information content (AvgIpc) is 3.77. The molecule has 0 spiro atoms. The number of aliphatic hydroxyl groups is 4. The monoisotopic (exact) mass is 1350 g/mol. The first-order chi connectivity index (χ1) is 45.7. The highest BCUT2D eigenvalue weighted by atomic mass is 33.1. The number of unbranched alkanes of at least 4 members (excludes halogenated alkanes) is 40. The van der Waals surface area contributed by atoms with Gasteiger partial charge in [0.15, 0.2) is 0 Å². The maximum Gasteiger partial charge on any atom is 0.305 e. The lowest BCUT2D eigenvalue weighted by molar-refractivity contribution is -0.144. The Morgan fingerprint density at radius 1 is 0.355 bits per heavy atom. The van der Waals surface area contributed by atoms with E-state index in [1.807, 2.05) is 21.6 Å². The second-order valence-corrected chi connectivity index (χ2v) is 31.5. The van der Waals surface area contributed by atoms with Crippen molar-refractivity contribution in [3.05, 3.63) is 24.3 Å². The molecule has 1 aliphatic heterocycles. The molecule has 0 aliphatic carbocycles. The van der Waals surface area contributed by atoms with Gasteiger partial charge < -0.3 is 25.2 Å². The van der Waals surface area contributed by atoms with Crippen molar-refractivity contribution in [3.63, 3.8) is 0 Å². The van der Waals surface area contributed by atoms with Crippen molar-refractivity contribution >= 4 is 27.6 Å². The first-order valence-corrected chi connectivity index (χ1v) is 43.5. The normalized spacial score (nSPS) is 14.9. The molecule has 0 bridgehead atoms. The molecule has 4 unspecified atom stereocenters. The van der Waals surface area contributed by atoms with Crippen molar-refractivity contribution in [2.75, 3.05) is 96.6 Å². The number of ether oxygens (including phenoxy) is 1. The largest absolute Gasteiger partial charge is 0.464 e. The number of carbonyl (C=O) groups excluding carboxylic acids is 1. The van der Waals surface area contributed by atoms with Crippen LogP contribution in [0.15, 0.2) is 24.3 Å². The van der Waals surface area contributed by atoms with Crippen LogP contribution in [0.2, 0.25) is 0 Å². The van der Waals surface area contributed by atoms with Gasteiger partial charge in [-0.1, -0.05) is 305 Å². The molecule has 1 aliphatic rings. The predicted octanol–water partition coefficient (Wildman–Crippen LogP) is 21.4. The molecular formula is C81H160N4O6S2. The Balaban J connectivity index is 2.40. The van der Waals surface area contributed by atoms with E-state index < -0.39 is 12.2 Å². The highest BCUT2D eigenvalue weighted by Crippen LogP contribution is 2.24. The van der Waals surface area contributed by atoms with Gasteiger partial charge in [0, 0.05) is 83.4 Å². The van der Waals surface area contributed by atoms with Crippen LogP contribution in [-0.4, -0.2) is 167 Å². The molecule has 1 fully saturated rings. The van der Waals surface area contributed by atoms with Crippen molar-refractivity contribution in [1.29, 1.82) is 0 Å². The molecular weight excluding hydrogens is 1190 g/mol. The molecule has 12 heteroatoms. The molecule has 4 atom stereocenters. The Morgan fingerprint density at radius 2 is 0.634 bits per heavy atom. The van der Waals surface area contributed by atoms with E-state index in [4.69, 9.17) is 4.74 Å². The Bertz CT molecular complexity index is 1480. The van der Waals surface area contributed by atoms with Gasteiger partial charge in [0.1, 0.15) is 6.61 Å². The van der Waals surface area contributed by atoms with Crippen molar-refractivity contribution in [3.8, 4) is 0 Å². The fourth-order valence-electron chi connectivity index (χ4n) is 13.3. The van der Waals surface area contributed by atoms with Crippen LogP contribution in [0.5, 0.6) is 0 Å². The Hall–Kier alpha value is -0.670. The van der Waals surface area contributed by atoms with Crippen LogP contribution in [-0.2, 0) is 9.53 Å². The van der Waals surface area contributed by atoms with Crippen molar-refractivity contribution in [2.24, 2.45) is 0 Å². The van der Waals surface area contributed by atoms with E-state index in [0.29, 0.717) is 39.2 Å². The minimum Gasteiger partial charge on any atom is -0.464 e. The lowest BCUT2D eigenvalue weighted by Crippen LogP contribution is -2.47. The Morgan fingerprint density at radius 3 is 0.968 bits per heavy atom. The topological polar surface area (TPSA) is 120 Å². The maximum absolute atomic E-state index is 12.9. The number of aliphatic hydroxyl groups excluding tert-OH is 4. The predicted molar refractivity (Wildman–Crippen MR) is 411 cm³/mol. The van der Waals surface area contributed by atoms with Crippen LogP contribution in [0, 0.1) is 0 Å². The minimum absolute atomic E-state index is 0.115. The third-order valence-corrected chi connectivity index (χ3v) is 22.0. The molecule has 0 radical (unpaired) electrons. The number of allylic oxidation sites excluding steroid dienone is 4. The molecule has 1 heterocycles. The molecule has 0 aromatic rings.